The molecule has 0 amide bonds. The van der Waals surface area contributed by atoms with E-state index >= 15 is 0 Å². The Morgan fingerprint density at radius 1 is 1.10 bits per heavy atom. The van der Waals surface area contributed by atoms with Crippen molar-refractivity contribution in [3.05, 3.63) is 58.8 Å². The standard InChI is InChI=1S/C16H14BrN3O/c1-21-14-8-3-2-5-11(14)9-18-16-12-6-4-7-13(17)15(12)19-10-20-16/h2-8,10H,9H2,1H3,(H,18,19,20). The lowest BCUT2D eigenvalue weighted by Gasteiger charge is -2.11. The molecular formula is C16H14BrN3O. The molecular weight excluding hydrogens is 330 g/mol. The number of hydrogen-bond acceptors (Lipinski definition) is 4. The van der Waals surface area contributed by atoms with E-state index in [1.165, 1.54) is 0 Å². The largest absolute Gasteiger partial charge is 0.496 e. The van der Waals surface area contributed by atoms with Crippen LogP contribution < -0.4 is 10.1 Å². The number of benzene rings is 2. The number of nitrogens with zero attached hydrogens (tertiary/aromatic N) is 2. The summed E-state index contributed by atoms with van der Waals surface area (Å²) in [6.07, 6.45) is 1.57. The highest BCUT2D eigenvalue weighted by molar-refractivity contribution is 9.10. The van der Waals surface area contributed by atoms with Crippen LogP contribution in [0.25, 0.3) is 10.9 Å². The Balaban J connectivity index is 1.91. The Kier molecular flexibility index (Phi) is 4.01. The van der Waals surface area contributed by atoms with Crippen LogP contribution in [0.2, 0.25) is 0 Å². The summed E-state index contributed by atoms with van der Waals surface area (Å²) in [7, 11) is 1.68. The van der Waals surface area contributed by atoms with E-state index in [0.29, 0.717) is 6.54 Å². The molecule has 1 heterocycles. The van der Waals surface area contributed by atoms with Gasteiger partial charge in [-0.25, -0.2) is 9.97 Å². The van der Waals surface area contributed by atoms with E-state index in [2.05, 4.69) is 31.2 Å². The smallest absolute Gasteiger partial charge is 0.137 e. The van der Waals surface area contributed by atoms with Gasteiger partial charge in [0.15, 0.2) is 0 Å². The summed E-state index contributed by atoms with van der Waals surface area (Å²) in [6, 6.07) is 13.9. The van der Waals surface area contributed by atoms with E-state index in [1.807, 2.05) is 42.5 Å². The Hall–Kier alpha value is -2.14. The number of fused-ring (bicyclic) bond motifs is 1. The number of ether oxygens (including phenoxy) is 1. The van der Waals surface area contributed by atoms with E-state index in [0.717, 1.165) is 32.5 Å². The molecule has 1 N–H and O–H groups in total. The molecule has 4 nitrogen and oxygen atoms in total. The Morgan fingerprint density at radius 2 is 1.95 bits per heavy atom. The van der Waals surface area contributed by atoms with Gasteiger partial charge in [0.1, 0.15) is 17.9 Å². The van der Waals surface area contributed by atoms with Crippen molar-refractivity contribution < 1.29 is 4.74 Å². The van der Waals surface area contributed by atoms with Gasteiger partial charge in [-0.05, 0) is 34.1 Å². The molecule has 0 aliphatic carbocycles. The lowest BCUT2D eigenvalue weighted by Crippen LogP contribution is -2.04. The van der Waals surface area contributed by atoms with Crippen LogP contribution in [-0.4, -0.2) is 17.1 Å². The van der Waals surface area contributed by atoms with Gasteiger partial charge in [-0.1, -0.05) is 24.3 Å². The zero-order chi connectivity index (χ0) is 14.7. The zero-order valence-corrected chi connectivity index (χ0v) is 13.1. The minimum absolute atomic E-state index is 0.642. The van der Waals surface area contributed by atoms with Crippen LogP contribution in [0.1, 0.15) is 5.56 Å². The lowest BCUT2D eigenvalue weighted by atomic mass is 10.2. The third-order valence-electron chi connectivity index (χ3n) is 3.25. The molecule has 0 saturated carbocycles. The fourth-order valence-corrected chi connectivity index (χ4v) is 2.69. The maximum absolute atomic E-state index is 5.36. The molecule has 5 heteroatoms. The van der Waals surface area contributed by atoms with Crippen LogP contribution in [0.4, 0.5) is 5.82 Å². The van der Waals surface area contributed by atoms with Crippen molar-refractivity contribution in [1.29, 1.82) is 0 Å². The van der Waals surface area contributed by atoms with Crippen molar-refractivity contribution in [3.8, 4) is 5.75 Å². The number of halogens is 1. The number of aromatic nitrogens is 2. The lowest BCUT2D eigenvalue weighted by molar-refractivity contribution is 0.410. The summed E-state index contributed by atoms with van der Waals surface area (Å²) in [6.45, 7) is 0.642. The van der Waals surface area contributed by atoms with Gasteiger partial charge in [0.05, 0.1) is 12.6 Å². The summed E-state index contributed by atoms with van der Waals surface area (Å²) in [5, 5.41) is 4.34. The number of nitrogens with one attached hydrogen (secondary N) is 1. The van der Waals surface area contributed by atoms with Crippen LogP contribution >= 0.6 is 15.9 Å². The second-order valence-electron chi connectivity index (χ2n) is 4.52. The molecule has 2 aromatic carbocycles. The van der Waals surface area contributed by atoms with Crippen molar-refractivity contribution in [1.82, 2.24) is 9.97 Å². The molecule has 1 aromatic heterocycles. The summed E-state index contributed by atoms with van der Waals surface area (Å²) in [5.74, 6) is 1.68. The predicted octanol–water partition coefficient (Wildman–Crippen LogP) is 4.01. The van der Waals surface area contributed by atoms with Gasteiger partial charge in [-0.2, -0.15) is 0 Å². The average molecular weight is 344 g/mol. The fourth-order valence-electron chi connectivity index (χ4n) is 2.22. The minimum atomic E-state index is 0.642. The van der Waals surface area contributed by atoms with Crippen molar-refractivity contribution in [2.24, 2.45) is 0 Å². The molecule has 0 fully saturated rings. The molecule has 0 atom stereocenters. The van der Waals surface area contributed by atoms with Crippen LogP contribution in [0.15, 0.2) is 53.3 Å². The van der Waals surface area contributed by atoms with Crippen LogP contribution in [0, 0.1) is 0 Å². The maximum atomic E-state index is 5.36. The quantitative estimate of drug-likeness (QED) is 0.777. The van der Waals surface area contributed by atoms with E-state index < -0.39 is 0 Å². The van der Waals surface area contributed by atoms with E-state index in [1.54, 1.807) is 13.4 Å². The highest BCUT2D eigenvalue weighted by atomic mass is 79.9. The molecule has 0 saturated heterocycles. The number of para-hydroxylation sites is 2. The predicted molar refractivity (Wildman–Crippen MR) is 87.6 cm³/mol. The molecule has 0 spiro atoms. The number of hydrogen-bond donors (Lipinski definition) is 1. The molecule has 0 aliphatic heterocycles. The fraction of sp³-hybridized carbons (Fsp3) is 0.125. The monoisotopic (exact) mass is 343 g/mol. The molecule has 21 heavy (non-hydrogen) atoms. The van der Waals surface area contributed by atoms with Crippen LogP contribution in [0.3, 0.4) is 0 Å². The topological polar surface area (TPSA) is 47.0 Å². The van der Waals surface area contributed by atoms with Gasteiger partial charge in [-0.15, -0.1) is 0 Å². The average Bonchev–Trinajstić information content (AvgIpc) is 2.53. The Labute approximate surface area is 131 Å². The molecule has 0 unspecified atom stereocenters. The molecule has 0 radical (unpaired) electrons. The molecule has 106 valence electrons. The molecule has 0 aliphatic rings. The third-order valence-corrected chi connectivity index (χ3v) is 3.89. The first-order chi connectivity index (χ1) is 10.3. The first-order valence-electron chi connectivity index (χ1n) is 6.54. The van der Waals surface area contributed by atoms with Gasteiger partial charge < -0.3 is 10.1 Å². The minimum Gasteiger partial charge on any atom is -0.496 e. The van der Waals surface area contributed by atoms with Gasteiger partial charge in [0.2, 0.25) is 0 Å². The van der Waals surface area contributed by atoms with Gasteiger partial charge in [0.25, 0.3) is 0 Å². The van der Waals surface area contributed by atoms with Crippen LogP contribution in [0.5, 0.6) is 5.75 Å². The maximum Gasteiger partial charge on any atom is 0.137 e. The van der Waals surface area contributed by atoms with E-state index in [-0.39, 0.29) is 0 Å². The number of rotatable bonds is 4. The third kappa shape index (κ3) is 2.83. The normalized spacial score (nSPS) is 10.6. The zero-order valence-electron chi connectivity index (χ0n) is 11.5. The van der Waals surface area contributed by atoms with E-state index in [9.17, 15) is 0 Å². The van der Waals surface area contributed by atoms with Gasteiger partial charge >= 0.3 is 0 Å². The SMILES string of the molecule is COc1ccccc1CNc1ncnc2c(Br)cccc12. The summed E-state index contributed by atoms with van der Waals surface area (Å²) in [5.41, 5.74) is 1.98. The van der Waals surface area contributed by atoms with Crippen molar-refractivity contribution in [2.45, 2.75) is 6.54 Å². The Bertz CT molecular complexity index is 776. The first-order valence-corrected chi connectivity index (χ1v) is 7.34. The van der Waals surface area contributed by atoms with Gasteiger partial charge in [0, 0.05) is 22.0 Å². The van der Waals surface area contributed by atoms with Crippen molar-refractivity contribution in [2.75, 3.05) is 12.4 Å². The molecule has 0 bridgehead atoms. The Morgan fingerprint density at radius 3 is 2.81 bits per heavy atom. The summed E-state index contributed by atoms with van der Waals surface area (Å²) < 4.78 is 6.32. The summed E-state index contributed by atoms with van der Waals surface area (Å²) in [4.78, 5) is 8.64. The number of methoxy groups -OCH3 is 1. The molecule has 3 rings (SSSR count). The molecule has 3 aromatic rings. The van der Waals surface area contributed by atoms with Gasteiger partial charge in [-0.3, -0.25) is 0 Å². The number of anilines is 1. The highest BCUT2D eigenvalue weighted by Crippen LogP contribution is 2.26. The van der Waals surface area contributed by atoms with Crippen LogP contribution in [-0.2, 0) is 6.54 Å². The van der Waals surface area contributed by atoms with E-state index in [4.69, 9.17) is 4.74 Å². The van der Waals surface area contributed by atoms with Crippen molar-refractivity contribution >= 4 is 32.7 Å². The highest BCUT2D eigenvalue weighted by Gasteiger charge is 2.07. The second-order valence-corrected chi connectivity index (χ2v) is 5.38. The second kappa shape index (κ2) is 6.10. The van der Waals surface area contributed by atoms with Crippen molar-refractivity contribution in [3.63, 3.8) is 0 Å². The summed E-state index contributed by atoms with van der Waals surface area (Å²) >= 11 is 3.51. The first kappa shape index (κ1) is 13.8.